The normalized spacial score (nSPS) is 21.9. The first-order valence-electron chi connectivity index (χ1n) is 9.99. The van der Waals surface area contributed by atoms with E-state index in [4.69, 9.17) is 20.6 Å². The molecule has 0 bridgehead atoms. The quantitative estimate of drug-likeness (QED) is 0.691. The number of hydrogen-bond donors (Lipinski definition) is 2. The van der Waals surface area contributed by atoms with Crippen molar-refractivity contribution in [3.05, 3.63) is 65.5 Å². The molecule has 3 atom stereocenters. The second kappa shape index (κ2) is 8.31. The molecule has 2 aromatic heterocycles. The van der Waals surface area contributed by atoms with E-state index in [-0.39, 0.29) is 12.0 Å². The van der Waals surface area contributed by atoms with E-state index in [0.29, 0.717) is 19.3 Å². The molecule has 29 heavy (non-hydrogen) atoms. The Kier molecular flexibility index (Phi) is 5.60. The maximum absolute atomic E-state index is 10.0. The van der Waals surface area contributed by atoms with Crippen LogP contribution in [0.1, 0.15) is 48.0 Å². The van der Waals surface area contributed by atoms with Crippen LogP contribution in [0.3, 0.4) is 0 Å². The van der Waals surface area contributed by atoms with Crippen LogP contribution in [0.25, 0.3) is 5.69 Å². The monoisotopic (exact) mass is 393 g/mol. The van der Waals surface area contributed by atoms with Gasteiger partial charge in [0.25, 0.3) is 0 Å². The van der Waals surface area contributed by atoms with Crippen molar-refractivity contribution in [2.24, 2.45) is 5.73 Å². The number of benzene rings is 1. The van der Waals surface area contributed by atoms with Crippen molar-refractivity contribution in [2.75, 3.05) is 7.11 Å². The Morgan fingerprint density at radius 3 is 2.83 bits per heavy atom. The first-order valence-corrected chi connectivity index (χ1v) is 9.99. The lowest BCUT2D eigenvalue weighted by molar-refractivity contribution is 0.0989. The number of nitrogens with zero attached hydrogens (tertiary/aromatic N) is 4. The molecule has 1 saturated carbocycles. The van der Waals surface area contributed by atoms with Crippen molar-refractivity contribution in [2.45, 2.75) is 50.7 Å². The molecular weight excluding hydrogens is 366 g/mol. The summed E-state index contributed by atoms with van der Waals surface area (Å²) in [5.41, 5.74) is 9.20. The summed E-state index contributed by atoms with van der Waals surface area (Å²) in [5, 5.41) is 14.9. The molecule has 7 nitrogen and oxygen atoms in total. The number of methoxy groups -OCH3 is 1. The summed E-state index contributed by atoms with van der Waals surface area (Å²) in [5.74, 6) is 2.61. The minimum atomic E-state index is -0.446. The Morgan fingerprint density at radius 2 is 2.07 bits per heavy atom. The first kappa shape index (κ1) is 19.5. The third-order valence-electron chi connectivity index (χ3n) is 5.66. The van der Waals surface area contributed by atoms with Gasteiger partial charge in [-0.1, -0.05) is 18.2 Å². The molecule has 2 heterocycles. The van der Waals surface area contributed by atoms with Crippen molar-refractivity contribution in [3.8, 4) is 11.4 Å². The van der Waals surface area contributed by atoms with E-state index in [1.807, 2.05) is 48.1 Å². The molecule has 7 heteroatoms. The SMILES string of the molecule is COc1ccccc1Cc1nc([C@H]2CC[C@@H](O)[C@H](N)C2)n(-c2ccncc2C)n1. The molecule has 0 amide bonds. The van der Waals surface area contributed by atoms with Gasteiger partial charge in [0.2, 0.25) is 0 Å². The molecule has 1 aliphatic carbocycles. The van der Waals surface area contributed by atoms with Gasteiger partial charge in [-0.05, 0) is 43.9 Å². The minimum absolute atomic E-state index is 0.153. The van der Waals surface area contributed by atoms with E-state index >= 15 is 0 Å². The first-order chi connectivity index (χ1) is 14.1. The fraction of sp³-hybridized carbons (Fsp3) is 0.409. The van der Waals surface area contributed by atoms with Gasteiger partial charge in [-0.25, -0.2) is 9.67 Å². The highest BCUT2D eigenvalue weighted by Gasteiger charge is 2.31. The van der Waals surface area contributed by atoms with Crippen LogP contribution >= 0.6 is 0 Å². The summed E-state index contributed by atoms with van der Waals surface area (Å²) in [6.45, 7) is 2.02. The lowest BCUT2D eigenvalue weighted by atomic mass is 9.83. The van der Waals surface area contributed by atoms with Gasteiger partial charge in [-0.3, -0.25) is 4.98 Å². The summed E-state index contributed by atoms with van der Waals surface area (Å²) in [6.07, 6.45) is 5.94. The largest absolute Gasteiger partial charge is 0.496 e. The summed E-state index contributed by atoms with van der Waals surface area (Å²) >= 11 is 0. The van der Waals surface area contributed by atoms with Crippen LogP contribution in [0.15, 0.2) is 42.7 Å². The number of aryl methyl sites for hydroxylation is 1. The topological polar surface area (TPSA) is 99.1 Å². The van der Waals surface area contributed by atoms with E-state index in [1.165, 1.54) is 0 Å². The van der Waals surface area contributed by atoms with Crippen LogP contribution in [0.5, 0.6) is 5.75 Å². The molecule has 152 valence electrons. The van der Waals surface area contributed by atoms with Crippen molar-refractivity contribution in [3.63, 3.8) is 0 Å². The molecule has 3 N–H and O–H groups in total. The third kappa shape index (κ3) is 4.02. The number of nitrogens with two attached hydrogens (primary N) is 1. The predicted molar refractivity (Wildman–Crippen MR) is 110 cm³/mol. The zero-order valence-corrected chi connectivity index (χ0v) is 16.8. The second-order valence-electron chi connectivity index (χ2n) is 7.69. The van der Waals surface area contributed by atoms with Gasteiger partial charge in [0.15, 0.2) is 5.82 Å². The molecule has 0 spiro atoms. The number of aromatic nitrogens is 4. The van der Waals surface area contributed by atoms with Crippen LogP contribution in [0.4, 0.5) is 0 Å². The average Bonchev–Trinajstić information content (AvgIpc) is 3.14. The molecule has 3 aromatic rings. The fourth-order valence-corrected chi connectivity index (χ4v) is 4.03. The van der Waals surface area contributed by atoms with Gasteiger partial charge in [0.1, 0.15) is 11.6 Å². The second-order valence-corrected chi connectivity index (χ2v) is 7.69. The van der Waals surface area contributed by atoms with Crippen molar-refractivity contribution < 1.29 is 9.84 Å². The van der Waals surface area contributed by atoms with E-state index in [1.54, 1.807) is 13.3 Å². The molecule has 1 aromatic carbocycles. The van der Waals surface area contributed by atoms with E-state index < -0.39 is 6.10 Å². The minimum Gasteiger partial charge on any atom is -0.496 e. The third-order valence-corrected chi connectivity index (χ3v) is 5.66. The number of hydrogen-bond acceptors (Lipinski definition) is 6. The molecule has 1 fully saturated rings. The standard InChI is InChI=1S/C22H27N5O2/c1-14-13-24-10-9-18(14)27-22(16-7-8-19(28)17(23)11-16)25-21(26-27)12-15-5-3-4-6-20(15)29-2/h3-6,9-10,13,16-17,19,28H,7-8,11-12,23H2,1-2H3/t16-,17+,19+/m0/s1. The average molecular weight is 393 g/mol. The van der Waals surface area contributed by atoms with E-state index in [2.05, 4.69) is 4.98 Å². The number of para-hydroxylation sites is 1. The van der Waals surface area contributed by atoms with Gasteiger partial charge in [0, 0.05) is 36.3 Å². The zero-order chi connectivity index (χ0) is 20.4. The summed E-state index contributed by atoms with van der Waals surface area (Å²) < 4.78 is 7.41. The van der Waals surface area contributed by atoms with E-state index in [9.17, 15) is 5.11 Å². The molecule has 0 aliphatic heterocycles. The zero-order valence-electron chi connectivity index (χ0n) is 16.8. The van der Waals surface area contributed by atoms with Crippen LogP contribution < -0.4 is 10.5 Å². The Balaban J connectivity index is 1.74. The smallest absolute Gasteiger partial charge is 0.155 e. The molecular formula is C22H27N5O2. The number of pyridine rings is 1. The highest BCUT2D eigenvalue weighted by Crippen LogP contribution is 2.33. The van der Waals surface area contributed by atoms with Gasteiger partial charge >= 0.3 is 0 Å². The maximum atomic E-state index is 10.0. The lowest BCUT2D eigenvalue weighted by Gasteiger charge is -2.30. The highest BCUT2D eigenvalue weighted by atomic mass is 16.5. The van der Waals surface area contributed by atoms with Gasteiger partial charge in [-0.2, -0.15) is 5.10 Å². The van der Waals surface area contributed by atoms with Crippen molar-refractivity contribution in [1.82, 2.24) is 19.7 Å². The Morgan fingerprint density at radius 1 is 1.24 bits per heavy atom. The van der Waals surface area contributed by atoms with Gasteiger partial charge in [-0.15, -0.1) is 0 Å². The van der Waals surface area contributed by atoms with Gasteiger partial charge in [0.05, 0.1) is 18.9 Å². The lowest BCUT2D eigenvalue weighted by Crippen LogP contribution is -2.40. The van der Waals surface area contributed by atoms with Crippen LogP contribution in [0.2, 0.25) is 0 Å². The Labute approximate surface area is 170 Å². The number of aliphatic hydroxyl groups excluding tert-OH is 1. The number of rotatable bonds is 5. The Bertz CT molecular complexity index is 987. The molecule has 1 aliphatic rings. The number of ether oxygens (including phenoxy) is 1. The molecule has 0 radical (unpaired) electrons. The number of aliphatic hydroxyl groups is 1. The van der Waals surface area contributed by atoms with Gasteiger partial charge < -0.3 is 15.6 Å². The predicted octanol–water partition coefficient (Wildman–Crippen LogP) is 2.53. The van der Waals surface area contributed by atoms with E-state index in [0.717, 1.165) is 40.6 Å². The van der Waals surface area contributed by atoms with Crippen molar-refractivity contribution in [1.29, 1.82) is 0 Å². The Hall–Kier alpha value is -2.77. The molecule has 0 unspecified atom stereocenters. The maximum Gasteiger partial charge on any atom is 0.155 e. The fourth-order valence-electron chi connectivity index (χ4n) is 4.03. The van der Waals surface area contributed by atoms with Crippen LogP contribution in [-0.2, 0) is 6.42 Å². The van der Waals surface area contributed by atoms with Crippen LogP contribution in [0, 0.1) is 6.92 Å². The molecule has 0 saturated heterocycles. The highest BCUT2D eigenvalue weighted by molar-refractivity contribution is 5.39. The van der Waals surface area contributed by atoms with Crippen molar-refractivity contribution >= 4 is 0 Å². The summed E-state index contributed by atoms with van der Waals surface area (Å²) in [6, 6.07) is 9.64. The summed E-state index contributed by atoms with van der Waals surface area (Å²) in [4.78, 5) is 9.12. The van der Waals surface area contributed by atoms with Crippen LogP contribution in [-0.4, -0.2) is 44.1 Å². The summed E-state index contributed by atoms with van der Waals surface area (Å²) in [7, 11) is 1.67. The molecule has 4 rings (SSSR count).